The third-order valence-corrected chi connectivity index (χ3v) is 3.83. The van der Waals surface area contributed by atoms with Crippen molar-refractivity contribution in [3.63, 3.8) is 0 Å². The molecule has 2 rings (SSSR count). The summed E-state index contributed by atoms with van der Waals surface area (Å²) in [6, 6.07) is 1.77. The van der Waals surface area contributed by atoms with Crippen molar-refractivity contribution in [2.45, 2.75) is 13.3 Å². The first-order valence-corrected chi connectivity index (χ1v) is 7.32. The first-order chi connectivity index (χ1) is 10.0. The van der Waals surface area contributed by atoms with Crippen LogP contribution in [0.2, 0.25) is 0 Å². The first-order valence-electron chi connectivity index (χ1n) is 6.44. The van der Waals surface area contributed by atoms with Gasteiger partial charge in [0.25, 0.3) is 5.91 Å². The van der Waals surface area contributed by atoms with Gasteiger partial charge in [-0.05, 0) is 13.0 Å². The van der Waals surface area contributed by atoms with Crippen molar-refractivity contribution in [3.05, 3.63) is 28.3 Å². The Kier molecular flexibility index (Phi) is 4.74. The van der Waals surface area contributed by atoms with E-state index in [9.17, 15) is 9.59 Å². The molecule has 0 unspecified atom stereocenters. The number of aromatic amines is 1. The molecule has 0 radical (unpaired) electrons. The Morgan fingerprint density at radius 1 is 1.48 bits per heavy atom. The Balaban J connectivity index is 2.03. The molecule has 0 aliphatic carbocycles. The lowest BCUT2D eigenvalue weighted by Gasteiger charge is -2.15. The van der Waals surface area contributed by atoms with E-state index in [1.807, 2.05) is 12.3 Å². The summed E-state index contributed by atoms with van der Waals surface area (Å²) < 4.78 is 4.56. The summed E-state index contributed by atoms with van der Waals surface area (Å²) in [6.07, 6.45) is 1.94. The molecule has 6 nitrogen and oxygen atoms in total. The lowest BCUT2D eigenvalue weighted by molar-refractivity contribution is -0.140. The molecule has 0 saturated carbocycles. The zero-order chi connectivity index (χ0) is 15.4. The van der Waals surface area contributed by atoms with Crippen LogP contribution in [0.1, 0.15) is 21.9 Å². The Morgan fingerprint density at radius 3 is 2.86 bits per heavy atom. The minimum atomic E-state index is -0.334. The molecule has 0 saturated heterocycles. The number of aryl methyl sites for hydroxylation is 1. The highest BCUT2D eigenvalue weighted by Gasteiger charge is 2.16. The van der Waals surface area contributed by atoms with Crippen molar-refractivity contribution >= 4 is 23.2 Å². The number of H-pyrrole nitrogens is 1. The molecule has 7 heteroatoms. The number of amides is 1. The monoisotopic (exact) mass is 307 g/mol. The molecule has 0 aliphatic heterocycles. The van der Waals surface area contributed by atoms with Gasteiger partial charge in [-0.1, -0.05) is 0 Å². The average molecular weight is 307 g/mol. The first kappa shape index (κ1) is 15.2. The third kappa shape index (κ3) is 3.69. The maximum atomic E-state index is 12.2. The molecule has 0 fully saturated rings. The summed E-state index contributed by atoms with van der Waals surface area (Å²) in [5, 5.41) is 2.93. The van der Waals surface area contributed by atoms with E-state index < -0.39 is 0 Å². The number of hydrogen-bond donors (Lipinski definition) is 1. The molecule has 21 heavy (non-hydrogen) atoms. The number of ether oxygens (including phenoxy) is 1. The number of methoxy groups -OCH3 is 1. The molecule has 0 bridgehead atoms. The van der Waals surface area contributed by atoms with E-state index in [1.54, 1.807) is 30.6 Å². The van der Waals surface area contributed by atoms with Crippen molar-refractivity contribution in [3.8, 4) is 11.3 Å². The zero-order valence-electron chi connectivity index (χ0n) is 12.2. The summed E-state index contributed by atoms with van der Waals surface area (Å²) in [6.45, 7) is 2.25. The molecular formula is C14H17N3O3S. The molecule has 0 atom stereocenters. The number of nitrogens with zero attached hydrogens (tertiary/aromatic N) is 2. The summed E-state index contributed by atoms with van der Waals surface area (Å²) in [7, 11) is 2.98. The molecule has 1 N–H and O–H groups in total. The molecule has 2 heterocycles. The van der Waals surface area contributed by atoms with Crippen molar-refractivity contribution in [2.75, 3.05) is 20.7 Å². The molecule has 0 aromatic carbocycles. The van der Waals surface area contributed by atoms with Crippen LogP contribution in [0.3, 0.4) is 0 Å². The van der Waals surface area contributed by atoms with E-state index >= 15 is 0 Å². The van der Waals surface area contributed by atoms with Crippen molar-refractivity contribution in [2.24, 2.45) is 0 Å². The summed E-state index contributed by atoms with van der Waals surface area (Å²) in [5.74, 6) is -0.503. The topological polar surface area (TPSA) is 75.3 Å². The fraction of sp³-hybridized carbons (Fsp3) is 0.357. The van der Waals surface area contributed by atoms with Gasteiger partial charge in [-0.15, -0.1) is 11.3 Å². The number of rotatable bonds is 5. The third-order valence-electron chi connectivity index (χ3n) is 3.05. The van der Waals surface area contributed by atoms with E-state index in [4.69, 9.17) is 0 Å². The van der Waals surface area contributed by atoms with Gasteiger partial charge in [0.2, 0.25) is 0 Å². The van der Waals surface area contributed by atoms with Crippen molar-refractivity contribution in [1.29, 1.82) is 0 Å². The maximum Gasteiger partial charge on any atom is 0.307 e. The Labute approximate surface area is 126 Å². The van der Waals surface area contributed by atoms with Crippen LogP contribution in [0.5, 0.6) is 0 Å². The van der Waals surface area contributed by atoms with Gasteiger partial charge in [0.15, 0.2) is 0 Å². The SMILES string of the molecule is COC(=O)CCN(C)C(=O)c1cc(-c2csc(C)n2)c[nH]1. The van der Waals surface area contributed by atoms with Gasteiger partial charge in [-0.25, -0.2) is 4.98 Å². The summed E-state index contributed by atoms with van der Waals surface area (Å²) in [4.78, 5) is 32.1. The number of hydrogen-bond acceptors (Lipinski definition) is 5. The number of esters is 1. The molecule has 1 amide bonds. The van der Waals surface area contributed by atoms with Gasteiger partial charge < -0.3 is 14.6 Å². The van der Waals surface area contributed by atoms with Crippen molar-refractivity contribution < 1.29 is 14.3 Å². The van der Waals surface area contributed by atoms with Crippen LogP contribution in [0.15, 0.2) is 17.6 Å². The minimum absolute atomic E-state index is 0.169. The normalized spacial score (nSPS) is 10.4. The van der Waals surface area contributed by atoms with Crippen LogP contribution in [-0.2, 0) is 9.53 Å². The average Bonchev–Trinajstić information content (AvgIpc) is 3.12. The Bertz CT molecular complexity index is 647. The highest BCUT2D eigenvalue weighted by molar-refractivity contribution is 7.09. The fourth-order valence-electron chi connectivity index (χ4n) is 1.83. The van der Waals surface area contributed by atoms with Gasteiger partial charge in [-0.2, -0.15) is 0 Å². The van der Waals surface area contributed by atoms with Crippen LogP contribution >= 0.6 is 11.3 Å². The van der Waals surface area contributed by atoms with E-state index in [1.165, 1.54) is 12.0 Å². The van der Waals surface area contributed by atoms with Crippen LogP contribution in [0, 0.1) is 6.92 Å². The van der Waals surface area contributed by atoms with Gasteiger partial charge in [0.1, 0.15) is 5.69 Å². The van der Waals surface area contributed by atoms with Gasteiger partial charge >= 0.3 is 5.97 Å². The molecule has 112 valence electrons. The van der Waals surface area contributed by atoms with Gasteiger partial charge in [0.05, 0.1) is 24.2 Å². The molecule has 0 aliphatic rings. The number of nitrogens with one attached hydrogen (secondary N) is 1. The second-order valence-corrected chi connectivity index (χ2v) is 5.67. The summed E-state index contributed by atoms with van der Waals surface area (Å²) in [5.41, 5.74) is 2.21. The number of carbonyl (C=O) groups excluding carboxylic acids is 2. The highest BCUT2D eigenvalue weighted by atomic mass is 32.1. The number of carbonyl (C=O) groups is 2. The van der Waals surface area contributed by atoms with Crippen LogP contribution in [0.25, 0.3) is 11.3 Å². The van der Waals surface area contributed by atoms with Crippen LogP contribution in [-0.4, -0.2) is 47.4 Å². The highest BCUT2D eigenvalue weighted by Crippen LogP contribution is 2.22. The van der Waals surface area contributed by atoms with Crippen LogP contribution < -0.4 is 0 Å². The fourth-order valence-corrected chi connectivity index (χ4v) is 2.45. The molecule has 2 aromatic heterocycles. The second-order valence-electron chi connectivity index (χ2n) is 4.61. The quantitative estimate of drug-likeness (QED) is 0.858. The van der Waals surface area contributed by atoms with Crippen molar-refractivity contribution in [1.82, 2.24) is 14.9 Å². The zero-order valence-corrected chi connectivity index (χ0v) is 13.0. The standard InChI is InChI=1S/C14H17N3O3S/c1-9-16-12(8-21-9)10-6-11(15-7-10)14(19)17(2)5-4-13(18)20-3/h6-8,15H,4-5H2,1-3H3. The van der Waals surface area contributed by atoms with E-state index in [-0.39, 0.29) is 18.3 Å². The van der Waals surface area contributed by atoms with E-state index in [2.05, 4.69) is 14.7 Å². The van der Waals surface area contributed by atoms with E-state index in [0.717, 1.165) is 16.3 Å². The minimum Gasteiger partial charge on any atom is -0.469 e. The largest absolute Gasteiger partial charge is 0.469 e. The predicted octanol–water partition coefficient (Wildman–Crippen LogP) is 2.08. The van der Waals surface area contributed by atoms with Gasteiger partial charge in [-0.3, -0.25) is 9.59 Å². The predicted molar refractivity (Wildman–Crippen MR) is 80.2 cm³/mol. The van der Waals surface area contributed by atoms with E-state index in [0.29, 0.717) is 12.2 Å². The molecular weight excluding hydrogens is 290 g/mol. The summed E-state index contributed by atoms with van der Waals surface area (Å²) >= 11 is 1.57. The van der Waals surface area contributed by atoms with Gasteiger partial charge in [0, 0.05) is 30.7 Å². The molecule has 0 spiro atoms. The second kappa shape index (κ2) is 6.53. The lowest BCUT2D eigenvalue weighted by Crippen LogP contribution is -2.29. The maximum absolute atomic E-state index is 12.2. The Morgan fingerprint density at radius 2 is 2.24 bits per heavy atom. The van der Waals surface area contributed by atoms with Crippen LogP contribution in [0.4, 0.5) is 0 Å². The number of thiazole rings is 1. The molecule has 2 aromatic rings. The smallest absolute Gasteiger partial charge is 0.307 e. The lowest BCUT2D eigenvalue weighted by atomic mass is 10.2. The Hall–Kier alpha value is -2.15. The number of aromatic nitrogens is 2.